The summed E-state index contributed by atoms with van der Waals surface area (Å²) in [6.07, 6.45) is -0.228. The Labute approximate surface area is 123 Å². The van der Waals surface area contributed by atoms with Gasteiger partial charge in [0.05, 0.1) is 32.2 Å². The van der Waals surface area contributed by atoms with E-state index < -0.39 is 12.1 Å². The zero-order valence-electron chi connectivity index (χ0n) is 11.7. The molecule has 6 heteroatoms. The third-order valence-corrected chi connectivity index (χ3v) is 3.22. The molecule has 1 N–H and O–H groups in total. The fourth-order valence-electron chi connectivity index (χ4n) is 2.20. The van der Waals surface area contributed by atoms with Gasteiger partial charge in [-0.25, -0.2) is 0 Å². The maximum Gasteiger partial charge on any atom is 0.306 e. The molecule has 1 atom stereocenters. The van der Waals surface area contributed by atoms with E-state index in [1.165, 1.54) is 0 Å². The lowest BCUT2D eigenvalue weighted by Gasteiger charge is -2.32. The highest BCUT2D eigenvalue weighted by molar-refractivity contribution is 5.76. The molecule has 0 radical (unpaired) electrons. The van der Waals surface area contributed by atoms with Crippen LogP contribution >= 0.6 is 0 Å². The van der Waals surface area contributed by atoms with Gasteiger partial charge in [-0.3, -0.25) is 9.59 Å². The number of benzene rings is 1. The van der Waals surface area contributed by atoms with E-state index in [1.807, 2.05) is 30.3 Å². The number of hydrogen-bond acceptors (Lipinski definition) is 4. The molecule has 1 aromatic carbocycles. The van der Waals surface area contributed by atoms with Crippen LogP contribution in [-0.4, -0.2) is 54.3 Å². The number of amides is 1. The average Bonchev–Trinajstić information content (AvgIpc) is 2.48. The number of aliphatic carboxylic acids is 1. The molecule has 1 saturated heterocycles. The first-order chi connectivity index (χ1) is 10.1. The standard InChI is InChI=1S/C15H19NO5/c17-14(6-8-20-12-4-2-1-3-5-12)16-7-9-21-13(11-16)10-15(18)19/h1-5,13H,6-11H2,(H,18,19). The van der Waals surface area contributed by atoms with Crippen molar-refractivity contribution in [2.75, 3.05) is 26.3 Å². The minimum Gasteiger partial charge on any atom is -0.493 e. The zero-order valence-corrected chi connectivity index (χ0v) is 11.7. The van der Waals surface area contributed by atoms with Crippen LogP contribution in [-0.2, 0) is 14.3 Å². The molecule has 0 aliphatic carbocycles. The van der Waals surface area contributed by atoms with Crippen LogP contribution in [0.4, 0.5) is 0 Å². The molecule has 0 bridgehead atoms. The lowest BCUT2D eigenvalue weighted by Crippen LogP contribution is -2.46. The Morgan fingerprint density at radius 1 is 1.33 bits per heavy atom. The predicted molar refractivity (Wildman–Crippen MR) is 75.1 cm³/mol. The molecular formula is C15H19NO5. The van der Waals surface area contributed by atoms with Crippen LogP contribution in [0.5, 0.6) is 5.75 Å². The second-order valence-electron chi connectivity index (χ2n) is 4.84. The van der Waals surface area contributed by atoms with Crippen LogP contribution in [0.1, 0.15) is 12.8 Å². The van der Waals surface area contributed by atoms with Crippen LogP contribution in [0, 0.1) is 0 Å². The van der Waals surface area contributed by atoms with Crippen molar-refractivity contribution in [3.8, 4) is 5.75 Å². The van der Waals surface area contributed by atoms with E-state index >= 15 is 0 Å². The number of rotatable bonds is 6. The fourth-order valence-corrected chi connectivity index (χ4v) is 2.20. The number of hydrogen-bond donors (Lipinski definition) is 1. The molecular weight excluding hydrogens is 274 g/mol. The normalized spacial score (nSPS) is 18.3. The summed E-state index contributed by atoms with van der Waals surface area (Å²) in [4.78, 5) is 24.4. The largest absolute Gasteiger partial charge is 0.493 e. The Balaban J connectivity index is 1.73. The Morgan fingerprint density at radius 3 is 2.81 bits per heavy atom. The summed E-state index contributed by atoms with van der Waals surface area (Å²) in [5, 5.41) is 8.75. The molecule has 0 saturated carbocycles. The monoisotopic (exact) mass is 293 g/mol. The minimum absolute atomic E-state index is 0.0374. The molecule has 1 heterocycles. The molecule has 6 nitrogen and oxygen atoms in total. The number of carbonyl (C=O) groups excluding carboxylic acids is 1. The van der Waals surface area contributed by atoms with Crippen molar-refractivity contribution in [1.82, 2.24) is 4.90 Å². The van der Waals surface area contributed by atoms with E-state index in [0.717, 1.165) is 5.75 Å². The van der Waals surface area contributed by atoms with Crippen molar-refractivity contribution in [2.45, 2.75) is 18.9 Å². The number of ether oxygens (including phenoxy) is 2. The first kappa shape index (κ1) is 15.3. The zero-order chi connectivity index (χ0) is 15.1. The second kappa shape index (κ2) is 7.64. The smallest absolute Gasteiger partial charge is 0.306 e. The van der Waals surface area contributed by atoms with Crippen LogP contribution < -0.4 is 4.74 Å². The van der Waals surface area contributed by atoms with E-state index in [9.17, 15) is 9.59 Å². The summed E-state index contributed by atoms with van der Waals surface area (Å²) in [6, 6.07) is 9.31. The van der Waals surface area contributed by atoms with Crippen molar-refractivity contribution < 1.29 is 24.2 Å². The van der Waals surface area contributed by atoms with Gasteiger partial charge in [0.2, 0.25) is 5.91 Å². The highest BCUT2D eigenvalue weighted by Crippen LogP contribution is 2.12. The number of carboxylic acids is 1. The Kier molecular flexibility index (Phi) is 5.57. The van der Waals surface area contributed by atoms with Crippen molar-refractivity contribution >= 4 is 11.9 Å². The summed E-state index contributed by atoms with van der Waals surface area (Å²) >= 11 is 0. The van der Waals surface area contributed by atoms with E-state index in [1.54, 1.807) is 4.90 Å². The lowest BCUT2D eigenvalue weighted by atomic mass is 10.2. The SMILES string of the molecule is O=C(O)CC1CN(C(=O)CCOc2ccccc2)CCO1. The van der Waals surface area contributed by atoms with E-state index in [0.29, 0.717) is 26.3 Å². The molecule has 1 aromatic rings. The van der Waals surface area contributed by atoms with Crippen molar-refractivity contribution in [3.05, 3.63) is 30.3 Å². The van der Waals surface area contributed by atoms with Gasteiger partial charge in [-0.1, -0.05) is 18.2 Å². The van der Waals surface area contributed by atoms with E-state index in [-0.39, 0.29) is 18.7 Å². The lowest BCUT2D eigenvalue weighted by molar-refractivity contribution is -0.147. The molecule has 2 rings (SSSR count). The number of carboxylic acid groups (broad SMARTS) is 1. The van der Waals surface area contributed by atoms with Crippen molar-refractivity contribution in [2.24, 2.45) is 0 Å². The van der Waals surface area contributed by atoms with Crippen LogP contribution in [0.15, 0.2) is 30.3 Å². The topological polar surface area (TPSA) is 76.1 Å². The van der Waals surface area contributed by atoms with Gasteiger partial charge in [0.15, 0.2) is 0 Å². The Bertz CT molecular complexity index is 476. The number of para-hydroxylation sites is 1. The maximum atomic E-state index is 12.1. The third-order valence-electron chi connectivity index (χ3n) is 3.22. The molecule has 1 fully saturated rings. The molecule has 21 heavy (non-hydrogen) atoms. The summed E-state index contributed by atoms with van der Waals surface area (Å²) in [5.41, 5.74) is 0. The first-order valence-electron chi connectivity index (χ1n) is 6.94. The second-order valence-corrected chi connectivity index (χ2v) is 4.84. The quantitative estimate of drug-likeness (QED) is 0.851. The minimum atomic E-state index is -0.915. The summed E-state index contributed by atoms with van der Waals surface area (Å²) in [7, 11) is 0. The fraction of sp³-hybridized carbons (Fsp3) is 0.467. The average molecular weight is 293 g/mol. The predicted octanol–water partition coefficient (Wildman–Crippen LogP) is 1.16. The third kappa shape index (κ3) is 5.07. The van der Waals surface area contributed by atoms with Gasteiger partial charge in [0.25, 0.3) is 0 Å². The maximum absolute atomic E-state index is 12.1. The van der Waals surface area contributed by atoms with Crippen LogP contribution in [0.25, 0.3) is 0 Å². The Hall–Kier alpha value is -2.08. The van der Waals surface area contributed by atoms with Gasteiger partial charge >= 0.3 is 5.97 Å². The van der Waals surface area contributed by atoms with Crippen molar-refractivity contribution in [1.29, 1.82) is 0 Å². The number of morpholine rings is 1. The van der Waals surface area contributed by atoms with Crippen LogP contribution in [0.3, 0.4) is 0 Å². The van der Waals surface area contributed by atoms with Gasteiger partial charge < -0.3 is 19.5 Å². The molecule has 1 aliphatic rings. The number of nitrogens with zero attached hydrogens (tertiary/aromatic N) is 1. The molecule has 1 unspecified atom stereocenters. The highest BCUT2D eigenvalue weighted by Gasteiger charge is 2.25. The molecule has 1 aliphatic heterocycles. The van der Waals surface area contributed by atoms with Gasteiger partial charge in [-0.2, -0.15) is 0 Å². The molecule has 114 valence electrons. The molecule has 0 aromatic heterocycles. The first-order valence-corrected chi connectivity index (χ1v) is 6.94. The Morgan fingerprint density at radius 2 is 2.10 bits per heavy atom. The summed E-state index contributed by atoms with van der Waals surface area (Å²) < 4.78 is 10.8. The van der Waals surface area contributed by atoms with Gasteiger partial charge in [-0.15, -0.1) is 0 Å². The molecule has 0 spiro atoms. The van der Waals surface area contributed by atoms with Gasteiger partial charge in [-0.05, 0) is 12.1 Å². The molecule has 1 amide bonds. The number of carbonyl (C=O) groups is 2. The van der Waals surface area contributed by atoms with Gasteiger partial charge in [0.1, 0.15) is 5.75 Å². The highest BCUT2D eigenvalue weighted by atomic mass is 16.5. The summed E-state index contributed by atoms with van der Waals surface area (Å²) in [5.74, 6) is -0.220. The van der Waals surface area contributed by atoms with E-state index in [4.69, 9.17) is 14.6 Å². The summed E-state index contributed by atoms with van der Waals surface area (Å²) in [6.45, 7) is 1.52. The van der Waals surface area contributed by atoms with Crippen LogP contribution in [0.2, 0.25) is 0 Å². The van der Waals surface area contributed by atoms with Gasteiger partial charge in [0, 0.05) is 13.1 Å². The van der Waals surface area contributed by atoms with E-state index in [2.05, 4.69) is 0 Å². The van der Waals surface area contributed by atoms with Crippen molar-refractivity contribution in [3.63, 3.8) is 0 Å².